The Bertz CT molecular complexity index is 1080. The second kappa shape index (κ2) is 10.0. The van der Waals surface area contributed by atoms with E-state index in [2.05, 4.69) is 9.97 Å². The number of esters is 1. The largest absolute Gasteiger partial charge is 0.494 e. The monoisotopic (exact) mass is 495 g/mol. The Balaban J connectivity index is 1.48. The Labute approximate surface area is 214 Å². The third kappa shape index (κ3) is 5.09. The standard InChI is InChI=1S/C27H38BN3O5/c1-17(2)20(15-23(32)34-7)25(33)31-14-8-9-22(31)24-29-16-21(30-24)18-10-12-19(13-11-18)28-35-26(3,4)27(5,6)36-28/h10-13,16-17,20,22H,8-9,14-15H2,1-7H3,(H,29,30)/t20-,22-/m0/s1. The number of hydrogen-bond acceptors (Lipinski definition) is 6. The molecule has 1 aromatic heterocycles. The maximum atomic E-state index is 13.4. The van der Waals surface area contributed by atoms with Gasteiger partial charge < -0.3 is 23.9 Å². The van der Waals surface area contributed by atoms with Crippen molar-refractivity contribution in [3.05, 3.63) is 36.3 Å². The highest BCUT2D eigenvalue weighted by atomic mass is 16.7. The lowest BCUT2D eigenvalue weighted by atomic mass is 9.79. The third-order valence-electron chi connectivity index (χ3n) is 7.93. The van der Waals surface area contributed by atoms with Crippen LogP contribution < -0.4 is 5.46 Å². The van der Waals surface area contributed by atoms with Crippen molar-refractivity contribution >= 4 is 24.5 Å². The molecular weight excluding hydrogens is 457 g/mol. The average Bonchev–Trinajstić information content (AvgIpc) is 3.54. The summed E-state index contributed by atoms with van der Waals surface area (Å²) in [5.74, 6) is 0.0265. The lowest BCUT2D eigenvalue weighted by molar-refractivity contribution is -0.148. The van der Waals surface area contributed by atoms with E-state index in [9.17, 15) is 9.59 Å². The van der Waals surface area contributed by atoms with Gasteiger partial charge in [0.2, 0.25) is 5.91 Å². The van der Waals surface area contributed by atoms with Crippen molar-refractivity contribution in [3.63, 3.8) is 0 Å². The van der Waals surface area contributed by atoms with E-state index in [1.165, 1.54) is 7.11 Å². The quantitative estimate of drug-likeness (QED) is 0.463. The number of likely N-dealkylation sites (tertiary alicyclic amines) is 1. The Hall–Kier alpha value is -2.65. The van der Waals surface area contributed by atoms with Crippen LogP contribution in [-0.4, -0.2) is 58.7 Å². The lowest BCUT2D eigenvalue weighted by Gasteiger charge is -2.32. The molecule has 194 valence electrons. The van der Waals surface area contributed by atoms with Crippen molar-refractivity contribution in [2.45, 2.75) is 78.0 Å². The molecule has 8 nitrogen and oxygen atoms in total. The van der Waals surface area contributed by atoms with Crippen LogP contribution in [0.5, 0.6) is 0 Å². The number of hydrogen-bond donors (Lipinski definition) is 1. The SMILES string of the molecule is COC(=O)C[C@H](C(=O)N1CCC[C@H]1c1ncc(-c2ccc(B3OC(C)(C)C(C)(C)O3)cc2)[nH]1)C(C)C. The minimum atomic E-state index is -0.407. The maximum absolute atomic E-state index is 13.4. The summed E-state index contributed by atoms with van der Waals surface area (Å²) in [5.41, 5.74) is 2.08. The van der Waals surface area contributed by atoms with Gasteiger partial charge in [0.1, 0.15) is 5.82 Å². The van der Waals surface area contributed by atoms with E-state index < -0.39 is 13.0 Å². The number of H-pyrrole nitrogens is 1. The molecule has 0 spiro atoms. The van der Waals surface area contributed by atoms with Gasteiger partial charge in [-0.25, -0.2) is 4.98 Å². The molecule has 0 saturated carbocycles. The Morgan fingerprint density at radius 3 is 2.39 bits per heavy atom. The first-order valence-electron chi connectivity index (χ1n) is 12.8. The molecule has 3 heterocycles. The first kappa shape index (κ1) is 26.4. The molecule has 2 saturated heterocycles. The highest BCUT2D eigenvalue weighted by molar-refractivity contribution is 6.62. The third-order valence-corrected chi connectivity index (χ3v) is 7.93. The smallest absolute Gasteiger partial charge is 0.469 e. The molecule has 0 aliphatic carbocycles. The number of benzene rings is 1. The molecule has 1 amide bonds. The summed E-state index contributed by atoms with van der Waals surface area (Å²) in [7, 11) is 0.952. The summed E-state index contributed by atoms with van der Waals surface area (Å²) in [6, 6.07) is 7.96. The Morgan fingerprint density at radius 1 is 1.17 bits per heavy atom. The maximum Gasteiger partial charge on any atom is 0.494 e. The summed E-state index contributed by atoms with van der Waals surface area (Å²) in [6.07, 6.45) is 3.64. The number of rotatable bonds is 7. The molecule has 2 fully saturated rings. The zero-order chi connectivity index (χ0) is 26.3. The van der Waals surface area contributed by atoms with Crippen molar-refractivity contribution in [1.82, 2.24) is 14.9 Å². The summed E-state index contributed by atoms with van der Waals surface area (Å²) in [5, 5.41) is 0. The molecule has 4 rings (SSSR count). The number of aromatic amines is 1. The number of amides is 1. The first-order chi connectivity index (χ1) is 16.9. The van der Waals surface area contributed by atoms with Crippen molar-refractivity contribution in [2.75, 3.05) is 13.7 Å². The molecular formula is C27H38BN3O5. The molecule has 36 heavy (non-hydrogen) atoms. The minimum absolute atomic E-state index is 0.0115. The fraction of sp³-hybridized carbons (Fsp3) is 0.593. The van der Waals surface area contributed by atoms with Crippen LogP contribution in [-0.2, 0) is 23.6 Å². The zero-order valence-electron chi connectivity index (χ0n) is 22.5. The number of aromatic nitrogens is 2. The summed E-state index contributed by atoms with van der Waals surface area (Å²) in [6.45, 7) is 12.8. The number of nitrogens with zero attached hydrogens (tertiary/aromatic N) is 2. The molecule has 1 N–H and O–H groups in total. The van der Waals surface area contributed by atoms with E-state index in [0.717, 1.165) is 35.4 Å². The molecule has 2 aliphatic heterocycles. The van der Waals surface area contributed by atoms with Crippen LogP contribution in [0.3, 0.4) is 0 Å². The van der Waals surface area contributed by atoms with E-state index in [4.69, 9.17) is 14.0 Å². The van der Waals surface area contributed by atoms with Crippen LogP contribution in [0, 0.1) is 11.8 Å². The van der Waals surface area contributed by atoms with Gasteiger partial charge in [-0.05, 0) is 57.5 Å². The van der Waals surface area contributed by atoms with Crippen LogP contribution in [0.15, 0.2) is 30.5 Å². The highest BCUT2D eigenvalue weighted by Crippen LogP contribution is 2.37. The van der Waals surface area contributed by atoms with Crippen LogP contribution in [0.1, 0.15) is 72.7 Å². The molecule has 0 bridgehead atoms. The Morgan fingerprint density at radius 2 is 1.81 bits per heavy atom. The van der Waals surface area contributed by atoms with Gasteiger partial charge in [-0.3, -0.25) is 9.59 Å². The van der Waals surface area contributed by atoms with Crippen LogP contribution in [0.4, 0.5) is 0 Å². The predicted octanol–water partition coefficient (Wildman–Crippen LogP) is 3.87. The first-order valence-corrected chi connectivity index (χ1v) is 12.8. The van der Waals surface area contributed by atoms with Crippen molar-refractivity contribution in [3.8, 4) is 11.3 Å². The lowest BCUT2D eigenvalue weighted by Crippen LogP contribution is -2.41. The van der Waals surface area contributed by atoms with E-state index in [1.54, 1.807) is 0 Å². The molecule has 1 aromatic carbocycles. The summed E-state index contributed by atoms with van der Waals surface area (Å²) >= 11 is 0. The highest BCUT2D eigenvalue weighted by Gasteiger charge is 2.51. The van der Waals surface area contributed by atoms with Crippen molar-refractivity contribution in [2.24, 2.45) is 11.8 Å². The molecule has 2 aliphatic rings. The van der Waals surface area contributed by atoms with Gasteiger partial charge in [-0.2, -0.15) is 0 Å². The van der Waals surface area contributed by atoms with Gasteiger partial charge in [-0.15, -0.1) is 0 Å². The fourth-order valence-electron chi connectivity index (χ4n) is 4.85. The van der Waals surface area contributed by atoms with Gasteiger partial charge in [0.25, 0.3) is 0 Å². The van der Waals surface area contributed by atoms with Gasteiger partial charge >= 0.3 is 13.1 Å². The van der Waals surface area contributed by atoms with Gasteiger partial charge in [0.05, 0.1) is 48.6 Å². The normalized spacial score (nSPS) is 21.7. The molecule has 0 unspecified atom stereocenters. The fourth-order valence-corrected chi connectivity index (χ4v) is 4.85. The van der Waals surface area contributed by atoms with E-state index in [0.29, 0.717) is 6.54 Å². The van der Waals surface area contributed by atoms with Crippen molar-refractivity contribution < 1.29 is 23.6 Å². The number of methoxy groups -OCH3 is 1. The Kier molecular flexibility index (Phi) is 7.35. The number of imidazole rings is 1. The molecule has 2 atom stereocenters. The average molecular weight is 495 g/mol. The number of nitrogens with one attached hydrogen (secondary N) is 1. The predicted molar refractivity (Wildman–Crippen MR) is 138 cm³/mol. The van der Waals surface area contributed by atoms with E-state index in [-0.39, 0.29) is 41.5 Å². The van der Waals surface area contributed by atoms with Crippen LogP contribution in [0.25, 0.3) is 11.3 Å². The number of carbonyl (C=O) groups excluding carboxylic acids is 2. The van der Waals surface area contributed by atoms with Crippen molar-refractivity contribution in [1.29, 1.82) is 0 Å². The van der Waals surface area contributed by atoms with Gasteiger partial charge in [0, 0.05) is 6.54 Å². The summed E-state index contributed by atoms with van der Waals surface area (Å²) < 4.78 is 17.1. The molecule has 0 radical (unpaired) electrons. The molecule has 9 heteroatoms. The second-order valence-electron chi connectivity index (χ2n) is 11.2. The number of ether oxygens (including phenoxy) is 1. The minimum Gasteiger partial charge on any atom is -0.469 e. The number of carbonyl (C=O) groups is 2. The van der Waals surface area contributed by atoms with Gasteiger partial charge in [-0.1, -0.05) is 38.1 Å². The molecule has 2 aromatic rings. The second-order valence-corrected chi connectivity index (χ2v) is 11.2. The summed E-state index contributed by atoms with van der Waals surface area (Å²) in [4.78, 5) is 35.2. The van der Waals surface area contributed by atoms with Gasteiger partial charge in [0.15, 0.2) is 0 Å². The van der Waals surface area contributed by atoms with Crippen LogP contribution in [0.2, 0.25) is 0 Å². The zero-order valence-corrected chi connectivity index (χ0v) is 22.5. The topological polar surface area (TPSA) is 93.8 Å². The van der Waals surface area contributed by atoms with Crippen LogP contribution >= 0.6 is 0 Å². The van der Waals surface area contributed by atoms with E-state index >= 15 is 0 Å². The van der Waals surface area contributed by atoms with E-state index in [1.807, 2.05) is 76.9 Å².